The molecule has 1 aromatic rings. The minimum absolute atomic E-state index is 0.0722. The summed E-state index contributed by atoms with van der Waals surface area (Å²) in [6.07, 6.45) is 8.07. The molecule has 1 aliphatic heterocycles. The van der Waals surface area contributed by atoms with E-state index in [1.807, 2.05) is 11.0 Å². The van der Waals surface area contributed by atoms with E-state index in [9.17, 15) is 4.79 Å². The standard InChI is InChI=1S/C20H31N3O3/c1-25-17-9-10-19(26-2)18(15-17)21-20(24)23-13-11-22(12-14-23)16-7-5-3-4-6-8-16/h9-10,15-16H,3-8,11-14H2,1-2H3,(H,21,24). The molecule has 0 radical (unpaired) electrons. The summed E-state index contributed by atoms with van der Waals surface area (Å²) in [7, 11) is 3.21. The predicted molar refractivity (Wildman–Crippen MR) is 103 cm³/mol. The number of urea groups is 1. The Hall–Kier alpha value is -1.95. The molecule has 1 saturated heterocycles. The fraction of sp³-hybridized carbons (Fsp3) is 0.650. The quantitative estimate of drug-likeness (QED) is 0.833. The topological polar surface area (TPSA) is 54.0 Å². The number of benzene rings is 1. The Kier molecular flexibility index (Phi) is 6.61. The van der Waals surface area contributed by atoms with Crippen molar-refractivity contribution in [3.63, 3.8) is 0 Å². The molecular formula is C20H31N3O3. The molecule has 1 aromatic carbocycles. The Morgan fingerprint density at radius 2 is 1.69 bits per heavy atom. The number of nitrogens with one attached hydrogen (secondary N) is 1. The summed E-state index contributed by atoms with van der Waals surface area (Å²) in [5, 5.41) is 2.97. The number of ether oxygens (including phenoxy) is 2. The van der Waals surface area contributed by atoms with E-state index in [1.165, 1.54) is 38.5 Å². The van der Waals surface area contributed by atoms with Gasteiger partial charge in [0.05, 0.1) is 19.9 Å². The summed E-state index contributed by atoms with van der Waals surface area (Å²) in [6.45, 7) is 3.48. The van der Waals surface area contributed by atoms with Gasteiger partial charge in [-0.2, -0.15) is 0 Å². The molecule has 1 N–H and O–H groups in total. The second-order valence-corrected chi connectivity index (χ2v) is 7.16. The normalized spacial score (nSPS) is 19.7. The number of piperazine rings is 1. The van der Waals surface area contributed by atoms with Crippen molar-refractivity contribution in [3.8, 4) is 11.5 Å². The van der Waals surface area contributed by atoms with E-state index in [0.717, 1.165) is 26.2 Å². The third kappa shape index (κ3) is 4.61. The predicted octanol–water partition coefficient (Wildman–Crippen LogP) is 3.58. The monoisotopic (exact) mass is 361 g/mol. The fourth-order valence-corrected chi connectivity index (χ4v) is 4.02. The van der Waals surface area contributed by atoms with E-state index in [1.54, 1.807) is 26.4 Å². The Balaban J connectivity index is 1.55. The van der Waals surface area contributed by atoms with Crippen LogP contribution in [0.4, 0.5) is 10.5 Å². The number of amides is 2. The van der Waals surface area contributed by atoms with Gasteiger partial charge in [-0.3, -0.25) is 4.90 Å². The van der Waals surface area contributed by atoms with Crippen LogP contribution in [0.1, 0.15) is 38.5 Å². The maximum Gasteiger partial charge on any atom is 0.322 e. The van der Waals surface area contributed by atoms with Gasteiger partial charge < -0.3 is 19.7 Å². The van der Waals surface area contributed by atoms with Crippen LogP contribution in [0, 0.1) is 0 Å². The molecule has 2 fully saturated rings. The number of hydrogen-bond donors (Lipinski definition) is 1. The lowest BCUT2D eigenvalue weighted by molar-refractivity contribution is 0.105. The van der Waals surface area contributed by atoms with E-state index in [4.69, 9.17) is 9.47 Å². The Labute approximate surface area is 156 Å². The highest BCUT2D eigenvalue weighted by Gasteiger charge is 2.26. The van der Waals surface area contributed by atoms with Crippen molar-refractivity contribution in [2.24, 2.45) is 0 Å². The van der Waals surface area contributed by atoms with Crippen molar-refractivity contribution in [2.45, 2.75) is 44.6 Å². The first kappa shape index (κ1) is 18.8. The van der Waals surface area contributed by atoms with Crippen LogP contribution in [-0.2, 0) is 0 Å². The lowest BCUT2D eigenvalue weighted by Crippen LogP contribution is -2.52. The summed E-state index contributed by atoms with van der Waals surface area (Å²) in [5.41, 5.74) is 0.642. The summed E-state index contributed by atoms with van der Waals surface area (Å²) < 4.78 is 10.6. The summed E-state index contributed by atoms with van der Waals surface area (Å²) in [5.74, 6) is 1.33. The van der Waals surface area contributed by atoms with Gasteiger partial charge in [0.2, 0.25) is 0 Å². The van der Waals surface area contributed by atoms with Gasteiger partial charge >= 0.3 is 6.03 Å². The number of anilines is 1. The highest BCUT2D eigenvalue weighted by Crippen LogP contribution is 2.29. The number of rotatable bonds is 4. The summed E-state index contributed by atoms with van der Waals surface area (Å²) in [4.78, 5) is 17.2. The number of carbonyl (C=O) groups is 1. The van der Waals surface area contributed by atoms with Crippen LogP contribution in [0.5, 0.6) is 11.5 Å². The zero-order chi connectivity index (χ0) is 18.4. The maximum atomic E-state index is 12.7. The van der Waals surface area contributed by atoms with Gasteiger partial charge in [-0.25, -0.2) is 4.79 Å². The highest BCUT2D eigenvalue weighted by atomic mass is 16.5. The van der Waals surface area contributed by atoms with E-state index >= 15 is 0 Å². The van der Waals surface area contributed by atoms with E-state index < -0.39 is 0 Å². The summed E-state index contributed by atoms with van der Waals surface area (Å²) >= 11 is 0. The van der Waals surface area contributed by atoms with Gasteiger partial charge in [0.15, 0.2) is 0 Å². The van der Waals surface area contributed by atoms with Crippen LogP contribution in [0.2, 0.25) is 0 Å². The molecule has 0 unspecified atom stereocenters. The van der Waals surface area contributed by atoms with E-state index in [-0.39, 0.29) is 6.03 Å². The fourth-order valence-electron chi connectivity index (χ4n) is 4.02. The Bertz CT molecular complexity index is 592. The first-order chi connectivity index (χ1) is 12.7. The summed E-state index contributed by atoms with van der Waals surface area (Å²) in [6, 6.07) is 6.05. The Morgan fingerprint density at radius 3 is 2.31 bits per heavy atom. The van der Waals surface area contributed by atoms with Crippen LogP contribution in [-0.4, -0.2) is 62.3 Å². The molecule has 0 bridgehead atoms. The first-order valence-corrected chi connectivity index (χ1v) is 9.73. The number of methoxy groups -OCH3 is 2. The molecule has 6 nitrogen and oxygen atoms in total. The molecule has 1 heterocycles. The number of hydrogen-bond acceptors (Lipinski definition) is 4. The van der Waals surface area contributed by atoms with Gasteiger partial charge in [-0.1, -0.05) is 25.7 Å². The van der Waals surface area contributed by atoms with Crippen LogP contribution in [0.25, 0.3) is 0 Å². The minimum atomic E-state index is -0.0722. The van der Waals surface area contributed by atoms with Crippen molar-refractivity contribution in [2.75, 3.05) is 45.7 Å². The molecule has 3 rings (SSSR count). The second-order valence-electron chi connectivity index (χ2n) is 7.16. The first-order valence-electron chi connectivity index (χ1n) is 9.73. The lowest BCUT2D eigenvalue weighted by atomic mass is 10.1. The SMILES string of the molecule is COc1ccc(OC)c(NC(=O)N2CCN(C3CCCCCC3)CC2)c1. The third-order valence-electron chi connectivity index (χ3n) is 5.59. The molecule has 0 spiro atoms. The van der Waals surface area contributed by atoms with Crippen LogP contribution in [0.15, 0.2) is 18.2 Å². The van der Waals surface area contributed by atoms with Crippen molar-refractivity contribution >= 4 is 11.7 Å². The largest absolute Gasteiger partial charge is 0.497 e. The van der Waals surface area contributed by atoms with Crippen LogP contribution in [0.3, 0.4) is 0 Å². The van der Waals surface area contributed by atoms with Gasteiger partial charge in [0, 0.05) is 38.3 Å². The molecule has 6 heteroatoms. The molecule has 1 aliphatic carbocycles. The van der Waals surface area contributed by atoms with Gasteiger partial charge in [0.25, 0.3) is 0 Å². The van der Waals surface area contributed by atoms with Crippen molar-refractivity contribution in [1.29, 1.82) is 0 Å². The highest BCUT2D eigenvalue weighted by molar-refractivity contribution is 5.91. The number of carbonyl (C=O) groups excluding carboxylic acids is 1. The molecule has 26 heavy (non-hydrogen) atoms. The van der Waals surface area contributed by atoms with Gasteiger partial charge in [-0.05, 0) is 25.0 Å². The maximum absolute atomic E-state index is 12.7. The van der Waals surface area contributed by atoms with Crippen molar-refractivity contribution < 1.29 is 14.3 Å². The van der Waals surface area contributed by atoms with Gasteiger partial charge in [0.1, 0.15) is 11.5 Å². The second kappa shape index (κ2) is 9.12. The molecule has 0 aromatic heterocycles. The number of nitrogens with zero attached hydrogens (tertiary/aromatic N) is 2. The Morgan fingerprint density at radius 1 is 1.00 bits per heavy atom. The molecule has 2 aliphatic rings. The zero-order valence-electron chi connectivity index (χ0n) is 16.0. The molecule has 144 valence electrons. The molecular weight excluding hydrogens is 330 g/mol. The van der Waals surface area contributed by atoms with Gasteiger partial charge in [-0.15, -0.1) is 0 Å². The average molecular weight is 361 g/mol. The smallest absolute Gasteiger partial charge is 0.322 e. The zero-order valence-corrected chi connectivity index (χ0v) is 16.0. The van der Waals surface area contributed by atoms with Crippen molar-refractivity contribution in [3.05, 3.63) is 18.2 Å². The molecule has 1 saturated carbocycles. The third-order valence-corrected chi connectivity index (χ3v) is 5.59. The average Bonchev–Trinajstić information content (AvgIpc) is 2.97. The van der Waals surface area contributed by atoms with Crippen LogP contribution < -0.4 is 14.8 Å². The van der Waals surface area contributed by atoms with E-state index in [2.05, 4.69) is 10.2 Å². The van der Waals surface area contributed by atoms with E-state index in [0.29, 0.717) is 23.2 Å². The lowest BCUT2D eigenvalue weighted by Gasteiger charge is -2.39. The van der Waals surface area contributed by atoms with Crippen LogP contribution >= 0.6 is 0 Å². The molecule has 0 atom stereocenters. The van der Waals surface area contributed by atoms with Crippen molar-refractivity contribution in [1.82, 2.24) is 9.80 Å². The molecule has 2 amide bonds. The minimum Gasteiger partial charge on any atom is -0.497 e.